The highest BCUT2D eigenvalue weighted by Crippen LogP contribution is 2.44. The summed E-state index contributed by atoms with van der Waals surface area (Å²) >= 11 is 1.73. The first-order valence-electron chi connectivity index (χ1n) is 11.6. The van der Waals surface area contributed by atoms with Crippen molar-refractivity contribution in [3.8, 4) is 11.3 Å². The van der Waals surface area contributed by atoms with E-state index >= 15 is 0 Å². The van der Waals surface area contributed by atoms with Gasteiger partial charge >= 0.3 is 0 Å². The van der Waals surface area contributed by atoms with Crippen molar-refractivity contribution in [2.75, 3.05) is 18.0 Å². The lowest BCUT2D eigenvalue weighted by molar-refractivity contribution is -0.0394. The molecule has 1 aliphatic rings. The van der Waals surface area contributed by atoms with Gasteiger partial charge in [0, 0.05) is 36.0 Å². The Morgan fingerprint density at radius 1 is 1.09 bits per heavy atom. The molecule has 0 radical (unpaired) electrons. The fourth-order valence-corrected chi connectivity index (χ4v) is 5.79. The van der Waals surface area contributed by atoms with Crippen LogP contribution in [0.15, 0.2) is 36.7 Å². The van der Waals surface area contributed by atoms with E-state index in [1.54, 1.807) is 17.7 Å². The predicted molar refractivity (Wildman–Crippen MR) is 134 cm³/mol. The molecule has 0 fully saturated rings. The number of benzene rings is 1. The molecule has 5 rings (SSSR count). The Balaban J connectivity index is 1.79. The van der Waals surface area contributed by atoms with Crippen molar-refractivity contribution in [2.45, 2.75) is 59.2 Å². The van der Waals surface area contributed by atoms with Gasteiger partial charge in [0.05, 0.1) is 28.1 Å². The van der Waals surface area contributed by atoms with Crippen LogP contribution >= 0.6 is 11.3 Å². The second-order valence-corrected chi connectivity index (χ2v) is 10.1. The lowest BCUT2D eigenvalue weighted by atomic mass is 9.88. The second-order valence-electron chi connectivity index (χ2n) is 9.10. The number of thiophene rings is 1. The predicted octanol–water partition coefficient (Wildman–Crippen LogP) is 6.38. The van der Waals surface area contributed by atoms with Crippen molar-refractivity contribution >= 4 is 37.6 Å². The van der Waals surface area contributed by atoms with Crippen LogP contribution in [-0.4, -0.2) is 33.6 Å². The molecule has 4 heterocycles. The normalized spacial score (nSPS) is 15.2. The van der Waals surface area contributed by atoms with Crippen molar-refractivity contribution in [1.29, 1.82) is 0 Å². The molecular weight excluding hydrogens is 416 g/mol. The molecule has 0 saturated heterocycles. The van der Waals surface area contributed by atoms with E-state index in [4.69, 9.17) is 19.7 Å². The number of rotatable bonds is 6. The molecule has 0 N–H and O–H groups in total. The van der Waals surface area contributed by atoms with Crippen molar-refractivity contribution in [3.63, 3.8) is 0 Å². The second kappa shape index (κ2) is 8.41. The van der Waals surface area contributed by atoms with Crippen LogP contribution in [0.2, 0.25) is 0 Å². The molecule has 166 valence electrons. The van der Waals surface area contributed by atoms with Crippen LogP contribution in [-0.2, 0) is 17.8 Å². The fourth-order valence-electron chi connectivity index (χ4n) is 4.62. The molecule has 0 atom stereocenters. The topological polar surface area (TPSA) is 51.1 Å². The van der Waals surface area contributed by atoms with Crippen LogP contribution in [0.3, 0.4) is 0 Å². The number of aromatic nitrogens is 3. The van der Waals surface area contributed by atoms with Crippen LogP contribution in [0, 0.1) is 0 Å². The quantitative estimate of drug-likeness (QED) is 0.344. The van der Waals surface area contributed by atoms with E-state index in [1.165, 1.54) is 22.9 Å². The Kier molecular flexibility index (Phi) is 5.59. The van der Waals surface area contributed by atoms with Gasteiger partial charge in [0.25, 0.3) is 0 Å². The minimum absolute atomic E-state index is 0.212. The number of fused-ring (bicyclic) bond motifs is 5. The van der Waals surface area contributed by atoms with Crippen molar-refractivity contribution in [3.05, 3.63) is 47.8 Å². The average molecular weight is 447 g/mol. The maximum atomic E-state index is 6.24. The summed E-state index contributed by atoms with van der Waals surface area (Å²) in [6.45, 7) is 11.3. The Hall–Kier alpha value is -2.57. The largest absolute Gasteiger partial charge is 0.370 e. The number of pyridine rings is 1. The first-order valence-corrected chi connectivity index (χ1v) is 12.4. The van der Waals surface area contributed by atoms with Crippen molar-refractivity contribution < 1.29 is 4.74 Å². The minimum atomic E-state index is -0.212. The molecule has 1 aliphatic heterocycles. The summed E-state index contributed by atoms with van der Waals surface area (Å²) in [6.07, 6.45) is 4.89. The lowest BCUT2D eigenvalue weighted by Gasteiger charge is -2.33. The molecule has 0 bridgehead atoms. The van der Waals surface area contributed by atoms with E-state index in [0.29, 0.717) is 6.61 Å². The molecule has 5 nitrogen and oxygen atoms in total. The maximum absolute atomic E-state index is 6.24. The Labute approximate surface area is 193 Å². The third kappa shape index (κ3) is 3.65. The van der Waals surface area contributed by atoms with Gasteiger partial charge in [-0.25, -0.2) is 15.0 Å². The highest BCUT2D eigenvalue weighted by atomic mass is 32.1. The Morgan fingerprint density at radius 3 is 2.66 bits per heavy atom. The van der Waals surface area contributed by atoms with Gasteiger partial charge in [0.1, 0.15) is 17.0 Å². The zero-order valence-electron chi connectivity index (χ0n) is 19.3. The Morgan fingerprint density at radius 2 is 1.91 bits per heavy atom. The molecule has 1 aromatic carbocycles. The number of unbranched alkanes of at least 4 members (excludes halogenated alkanes) is 1. The zero-order valence-corrected chi connectivity index (χ0v) is 20.1. The van der Waals surface area contributed by atoms with E-state index in [0.717, 1.165) is 58.1 Å². The molecule has 0 amide bonds. The van der Waals surface area contributed by atoms with E-state index in [9.17, 15) is 0 Å². The smallest absolute Gasteiger partial charge is 0.150 e. The fraction of sp³-hybridized carbons (Fsp3) is 0.423. The Bertz CT molecular complexity index is 1270. The van der Waals surface area contributed by atoms with Crippen molar-refractivity contribution in [2.24, 2.45) is 0 Å². The highest BCUT2D eigenvalue weighted by molar-refractivity contribution is 7.26. The van der Waals surface area contributed by atoms with E-state index in [1.807, 2.05) is 6.07 Å². The van der Waals surface area contributed by atoms with Gasteiger partial charge in [-0.15, -0.1) is 11.3 Å². The molecule has 0 spiro atoms. The molecule has 3 aromatic heterocycles. The monoisotopic (exact) mass is 446 g/mol. The maximum Gasteiger partial charge on any atom is 0.150 e. The summed E-state index contributed by atoms with van der Waals surface area (Å²) in [7, 11) is 0. The molecule has 0 saturated carbocycles. The van der Waals surface area contributed by atoms with E-state index < -0.39 is 0 Å². The number of hydrogen-bond donors (Lipinski definition) is 0. The van der Waals surface area contributed by atoms with Gasteiger partial charge < -0.3 is 9.64 Å². The summed E-state index contributed by atoms with van der Waals surface area (Å²) in [5.41, 5.74) is 5.51. The van der Waals surface area contributed by atoms with Crippen LogP contribution in [0.1, 0.15) is 51.7 Å². The number of nitrogens with zero attached hydrogens (tertiary/aromatic N) is 4. The number of hydrogen-bond acceptors (Lipinski definition) is 6. The molecule has 4 aromatic rings. The molecule has 0 aliphatic carbocycles. The molecule has 32 heavy (non-hydrogen) atoms. The van der Waals surface area contributed by atoms with Gasteiger partial charge in [-0.2, -0.15) is 0 Å². The summed E-state index contributed by atoms with van der Waals surface area (Å²) < 4.78 is 7.38. The van der Waals surface area contributed by atoms with Crippen LogP contribution in [0.4, 0.5) is 5.82 Å². The van der Waals surface area contributed by atoms with Gasteiger partial charge in [0.15, 0.2) is 0 Å². The van der Waals surface area contributed by atoms with Crippen molar-refractivity contribution in [1.82, 2.24) is 15.0 Å². The number of ether oxygens (including phenoxy) is 1. The summed E-state index contributed by atoms with van der Waals surface area (Å²) in [6, 6.07) is 10.5. The summed E-state index contributed by atoms with van der Waals surface area (Å²) in [4.78, 5) is 18.1. The highest BCUT2D eigenvalue weighted by Gasteiger charge is 2.32. The van der Waals surface area contributed by atoms with Gasteiger partial charge in [-0.3, -0.25) is 0 Å². The minimum Gasteiger partial charge on any atom is -0.370 e. The van der Waals surface area contributed by atoms with Crippen LogP contribution in [0.25, 0.3) is 31.7 Å². The molecule has 6 heteroatoms. The molecule has 0 unspecified atom stereocenters. The third-order valence-corrected chi connectivity index (χ3v) is 7.39. The van der Waals surface area contributed by atoms with E-state index in [2.05, 4.69) is 56.9 Å². The summed E-state index contributed by atoms with van der Waals surface area (Å²) in [5.74, 6) is 1.04. The van der Waals surface area contributed by atoms with Crippen LogP contribution < -0.4 is 4.90 Å². The first-order chi connectivity index (χ1) is 15.5. The van der Waals surface area contributed by atoms with E-state index in [-0.39, 0.29) is 5.60 Å². The number of anilines is 1. The standard InChI is InChI=1S/C26H30N4OS/c1-5-7-13-30(6-2)24-23-22(27-16-28-24)20-18-14-26(3,4)31-15-19(18)21(29-25(20)32-23)17-11-9-8-10-12-17/h8-12,16H,5-7,13-15H2,1-4H3. The average Bonchev–Trinajstić information content (AvgIpc) is 3.18. The molecular formula is C26H30N4OS. The van der Waals surface area contributed by atoms with Gasteiger partial charge in [-0.05, 0) is 32.8 Å². The van der Waals surface area contributed by atoms with Gasteiger partial charge in [0.2, 0.25) is 0 Å². The summed E-state index contributed by atoms with van der Waals surface area (Å²) in [5, 5.41) is 1.19. The van der Waals surface area contributed by atoms with Gasteiger partial charge in [-0.1, -0.05) is 43.7 Å². The zero-order chi connectivity index (χ0) is 22.3. The SMILES string of the molecule is CCCCN(CC)c1ncnc2c1sc1nc(-c3ccccc3)c3c(c12)CC(C)(C)OC3. The van der Waals surface area contributed by atoms with Crippen LogP contribution in [0.5, 0.6) is 0 Å². The lowest BCUT2D eigenvalue weighted by Crippen LogP contribution is -2.32. The first kappa shape index (κ1) is 21.3. The third-order valence-electron chi connectivity index (χ3n) is 6.32.